The van der Waals surface area contributed by atoms with Crippen molar-refractivity contribution in [2.24, 2.45) is 0 Å². The predicted molar refractivity (Wildman–Crippen MR) is 298 cm³/mol. The largest absolute Gasteiger partial charge is 0.493 e. The molecule has 0 aromatic heterocycles. The lowest BCUT2D eigenvalue weighted by atomic mass is 9.90. The highest BCUT2D eigenvalue weighted by molar-refractivity contribution is 6.31. The molecule has 2 aliphatic rings. The molecular weight excluding hydrogens is 1050 g/mol. The van der Waals surface area contributed by atoms with Gasteiger partial charge in [0.05, 0.1) is 79.0 Å². The normalized spacial score (nSPS) is 20.3. The molecule has 0 unspecified atom stereocenters. The number of hydrogen-bond donors (Lipinski definition) is 0. The molecule has 2 fully saturated rings. The molecule has 2 amide bonds. The average molecular weight is 1120 g/mol. The van der Waals surface area contributed by atoms with Crippen molar-refractivity contribution in [3.63, 3.8) is 0 Å². The van der Waals surface area contributed by atoms with Crippen molar-refractivity contribution in [2.45, 2.75) is 102 Å². The molecule has 0 aliphatic carbocycles. The summed E-state index contributed by atoms with van der Waals surface area (Å²) in [6, 6.07) is 40.6. The fourth-order valence-electron chi connectivity index (χ4n) is 9.74. The van der Waals surface area contributed by atoms with Gasteiger partial charge in [0.15, 0.2) is 23.0 Å². The Kier molecular flexibility index (Phi) is 21.2. The molecule has 0 N–H and O–H groups in total. The standard InChI is InChI=1S/2C30H33Cl2NO5/c2*1-5-25(18-37-17-20-9-14-26(35-3)27(15-20)36-4)33-28(21-10-12-23(31)13-11-21)29(38-19(2)30(33)34)22-7-6-8-24(32)16-22/h2*6-16,19,25,28-29H,5,17-18H2,1-4H3/t19-,25+,28-,29-;19-,25-,28+,29+/m10/s1. The molecule has 6 aromatic carbocycles. The summed E-state index contributed by atoms with van der Waals surface area (Å²) in [6.45, 7) is 9.16. The fourth-order valence-corrected chi connectivity index (χ4v) is 10.4. The van der Waals surface area contributed by atoms with Crippen LogP contribution in [0, 0.1) is 0 Å². The smallest absolute Gasteiger partial charge is 0.252 e. The highest BCUT2D eigenvalue weighted by Gasteiger charge is 2.46. The van der Waals surface area contributed by atoms with E-state index in [2.05, 4.69) is 13.8 Å². The Morgan fingerprint density at radius 2 is 0.829 bits per heavy atom. The third kappa shape index (κ3) is 14.1. The number of carbonyl (C=O) groups excluding carboxylic acids is 2. The van der Waals surface area contributed by atoms with Gasteiger partial charge in [-0.15, -0.1) is 0 Å². The van der Waals surface area contributed by atoms with Gasteiger partial charge < -0.3 is 47.7 Å². The Morgan fingerprint density at radius 1 is 0.461 bits per heavy atom. The van der Waals surface area contributed by atoms with Crippen LogP contribution in [-0.4, -0.2) is 87.6 Å². The zero-order valence-corrected chi connectivity index (χ0v) is 47.1. The number of benzene rings is 6. The van der Waals surface area contributed by atoms with E-state index in [1.165, 1.54) is 0 Å². The summed E-state index contributed by atoms with van der Waals surface area (Å²) in [5.74, 6) is 2.45. The zero-order chi connectivity index (χ0) is 54.5. The number of halogens is 4. The topological polar surface area (TPSA) is 114 Å². The molecule has 0 saturated carbocycles. The van der Waals surface area contributed by atoms with Crippen molar-refractivity contribution >= 4 is 58.2 Å². The molecule has 2 aliphatic heterocycles. The van der Waals surface area contributed by atoms with E-state index in [4.69, 9.17) is 84.3 Å². The van der Waals surface area contributed by atoms with Crippen LogP contribution < -0.4 is 18.9 Å². The van der Waals surface area contributed by atoms with Crippen molar-refractivity contribution in [3.8, 4) is 23.0 Å². The molecule has 76 heavy (non-hydrogen) atoms. The molecule has 2 heterocycles. The number of carbonyl (C=O) groups is 2. The van der Waals surface area contributed by atoms with Crippen LogP contribution in [0.2, 0.25) is 20.1 Å². The van der Waals surface area contributed by atoms with E-state index in [0.717, 1.165) is 33.4 Å². The van der Waals surface area contributed by atoms with Crippen molar-refractivity contribution in [1.29, 1.82) is 0 Å². The summed E-state index contributed by atoms with van der Waals surface area (Å²) in [5, 5.41) is 2.48. The van der Waals surface area contributed by atoms with Crippen molar-refractivity contribution < 1.29 is 47.5 Å². The highest BCUT2D eigenvalue weighted by Crippen LogP contribution is 2.46. The maximum Gasteiger partial charge on any atom is 0.252 e. The van der Waals surface area contributed by atoms with Crippen molar-refractivity contribution in [2.75, 3.05) is 41.7 Å². The number of nitrogens with zero attached hydrogens (tertiary/aromatic N) is 2. The Labute approximate surface area is 466 Å². The minimum absolute atomic E-state index is 0.0789. The Morgan fingerprint density at radius 3 is 1.16 bits per heavy atom. The first-order valence-electron chi connectivity index (χ1n) is 25.3. The molecule has 0 bridgehead atoms. The van der Waals surface area contributed by atoms with Gasteiger partial charge in [-0.3, -0.25) is 9.59 Å². The Balaban J connectivity index is 0.000000221. The summed E-state index contributed by atoms with van der Waals surface area (Å²) < 4.78 is 46.5. The van der Waals surface area contributed by atoms with E-state index < -0.39 is 24.4 Å². The summed E-state index contributed by atoms with van der Waals surface area (Å²) in [5.41, 5.74) is 5.57. The third-order valence-electron chi connectivity index (χ3n) is 13.6. The van der Waals surface area contributed by atoms with Crippen LogP contribution in [0.3, 0.4) is 0 Å². The van der Waals surface area contributed by atoms with Gasteiger partial charge in [0.25, 0.3) is 11.8 Å². The number of methoxy groups -OCH3 is 4. The molecule has 8 rings (SSSR count). The van der Waals surface area contributed by atoms with Crippen LogP contribution >= 0.6 is 46.4 Å². The lowest BCUT2D eigenvalue weighted by Crippen LogP contribution is -2.55. The first-order chi connectivity index (χ1) is 36.7. The molecule has 8 atom stereocenters. The molecule has 2 saturated heterocycles. The van der Waals surface area contributed by atoms with Gasteiger partial charge in [0.2, 0.25) is 0 Å². The lowest BCUT2D eigenvalue weighted by molar-refractivity contribution is -0.180. The van der Waals surface area contributed by atoms with Gasteiger partial charge in [-0.05, 0) is 133 Å². The second-order valence-corrected chi connectivity index (χ2v) is 20.3. The van der Waals surface area contributed by atoms with Crippen LogP contribution in [0.5, 0.6) is 23.0 Å². The minimum atomic E-state index is -0.623. The number of rotatable bonds is 20. The molecule has 6 aromatic rings. The van der Waals surface area contributed by atoms with Crippen LogP contribution in [0.4, 0.5) is 0 Å². The van der Waals surface area contributed by atoms with Crippen LogP contribution in [0.1, 0.15) is 98.2 Å². The van der Waals surface area contributed by atoms with Gasteiger partial charge in [0.1, 0.15) is 24.4 Å². The summed E-state index contributed by atoms with van der Waals surface area (Å²) in [6.07, 6.45) is -0.664. The molecule has 404 valence electrons. The van der Waals surface area contributed by atoms with Crippen molar-refractivity contribution in [1.82, 2.24) is 9.80 Å². The number of hydrogen-bond acceptors (Lipinski definition) is 10. The van der Waals surface area contributed by atoms with E-state index in [1.807, 2.05) is 143 Å². The van der Waals surface area contributed by atoms with Crippen LogP contribution in [0.15, 0.2) is 133 Å². The minimum Gasteiger partial charge on any atom is -0.493 e. The van der Waals surface area contributed by atoms with Gasteiger partial charge in [-0.1, -0.05) is 121 Å². The van der Waals surface area contributed by atoms with E-state index >= 15 is 0 Å². The quantitative estimate of drug-likeness (QED) is 0.0732. The molecule has 16 heteroatoms. The average Bonchev–Trinajstić information content (AvgIpc) is 3.43. The van der Waals surface area contributed by atoms with E-state index in [9.17, 15) is 9.59 Å². The van der Waals surface area contributed by atoms with Gasteiger partial charge in [-0.2, -0.15) is 0 Å². The molecular formula is C60H66Cl4N2O10. The second kappa shape index (κ2) is 27.7. The lowest BCUT2D eigenvalue weighted by Gasteiger charge is -2.47. The first-order valence-corrected chi connectivity index (χ1v) is 26.8. The predicted octanol–water partition coefficient (Wildman–Crippen LogP) is 14.1. The third-order valence-corrected chi connectivity index (χ3v) is 14.6. The van der Waals surface area contributed by atoms with Gasteiger partial charge >= 0.3 is 0 Å². The summed E-state index contributed by atoms with van der Waals surface area (Å²) >= 11 is 25.1. The van der Waals surface area contributed by atoms with Crippen LogP contribution in [-0.2, 0) is 41.8 Å². The Hall–Kier alpha value is -5.54. The number of ether oxygens (including phenoxy) is 8. The maximum atomic E-state index is 13.7. The zero-order valence-electron chi connectivity index (χ0n) is 44.1. The van der Waals surface area contributed by atoms with E-state index in [0.29, 0.717) is 82.4 Å². The van der Waals surface area contributed by atoms with Gasteiger partial charge in [0, 0.05) is 20.1 Å². The SMILES string of the molecule is CC[C@@H](COCc1ccc(OC)c(OC)c1)N1C(=O)[C@@H](C)O[C@H](c2cccc(Cl)c2)[C@H]1c1ccc(Cl)cc1.CC[C@@H](COCc1ccc(OC)c(OC)c1)N1C(=O)[C@H](C)O[C@H](c2cccc(Cl)c2)[C@H]1c1ccc(Cl)cc1. The Bertz CT molecular complexity index is 2660. The summed E-state index contributed by atoms with van der Waals surface area (Å²) in [4.78, 5) is 31.2. The van der Waals surface area contributed by atoms with E-state index in [1.54, 1.807) is 42.3 Å². The fraction of sp³-hybridized carbons (Fsp3) is 0.367. The monoisotopic (exact) mass is 1110 g/mol. The van der Waals surface area contributed by atoms with Crippen LogP contribution in [0.25, 0.3) is 0 Å². The molecule has 12 nitrogen and oxygen atoms in total. The maximum absolute atomic E-state index is 13.7. The van der Waals surface area contributed by atoms with Gasteiger partial charge in [-0.25, -0.2) is 0 Å². The number of amides is 2. The van der Waals surface area contributed by atoms with E-state index in [-0.39, 0.29) is 36.0 Å². The van der Waals surface area contributed by atoms with Crippen molar-refractivity contribution in [3.05, 3.63) is 187 Å². The first kappa shape index (κ1) is 58.1. The molecule has 0 spiro atoms. The summed E-state index contributed by atoms with van der Waals surface area (Å²) in [7, 11) is 6.42. The number of morpholine rings is 2. The molecule has 0 radical (unpaired) electrons. The highest BCUT2D eigenvalue weighted by atomic mass is 35.5. The second-order valence-electron chi connectivity index (χ2n) is 18.5.